The van der Waals surface area contributed by atoms with Crippen LogP contribution >= 0.6 is 0 Å². The molecule has 1 unspecified atom stereocenters. The molecule has 1 fully saturated rings. The Hall–Kier alpha value is -1.00. The first-order valence-electron chi connectivity index (χ1n) is 5.92. The molecule has 0 spiro atoms. The first kappa shape index (κ1) is 12.5. The standard InChI is InChI=1S/C13H17F2NO/c14-9-3-4-10(11(15)7-9)12(17)13(8-16)5-1-2-6-13/h3-4,7,12,17H,1-2,5-6,8,16H2. The lowest BCUT2D eigenvalue weighted by molar-refractivity contribution is 0.0305. The van der Waals surface area contributed by atoms with Gasteiger partial charge < -0.3 is 10.8 Å². The second-order valence-electron chi connectivity index (χ2n) is 4.84. The topological polar surface area (TPSA) is 46.2 Å². The van der Waals surface area contributed by atoms with Crippen LogP contribution in [0.3, 0.4) is 0 Å². The van der Waals surface area contributed by atoms with Gasteiger partial charge in [0.15, 0.2) is 0 Å². The molecule has 17 heavy (non-hydrogen) atoms. The van der Waals surface area contributed by atoms with E-state index in [1.165, 1.54) is 12.1 Å². The summed E-state index contributed by atoms with van der Waals surface area (Å²) in [7, 11) is 0. The quantitative estimate of drug-likeness (QED) is 0.854. The van der Waals surface area contributed by atoms with Crippen LogP contribution in [0.5, 0.6) is 0 Å². The molecule has 2 nitrogen and oxygen atoms in total. The number of benzene rings is 1. The largest absolute Gasteiger partial charge is 0.388 e. The van der Waals surface area contributed by atoms with Crippen molar-refractivity contribution in [2.24, 2.45) is 11.1 Å². The predicted octanol–water partition coefficient (Wildman–Crippen LogP) is 2.52. The number of nitrogens with two attached hydrogens (primary N) is 1. The Bertz CT molecular complexity index is 402. The minimum atomic E-state index is -0.949. The Kier molecular flexibility index (Phi) is 3.45. The van der Waals surface area contributed by atoms with Crippen molar-refractivity contribution in [3.8, 4) is 0 Å². The number of hydrogen-bond donors (Lipinski definition) is 2. The van der Waals surface area contributed by atoms with Crippen LogP contribution in [0, 0.1) is 17.0 Å². The fourth-order valence-electron chi connectivity index (χ4n) is 2.72. The molecule has 0 bridgehead atoms. The Balaban J connectivity index is 2.32. The van der Waals surface area contributed by atoms with E-state index in [0.717, 1.165) is 31.7 Å². The molecule has 0 heterocycles. The summed E-state index contributed by atoms with van der Waals surface area (Å²) in [6, 6.07) is 3.28. The van der Waals surface area contributed by atoms with Gasteiger partial charge >= 0.3 is 0 Å². The van der Waals surface area contributed by atoms with Gasteiger partial charge in [0.2, 0.25) is 0 Å². The molecule has 3 N–H and O–H groups in total. The molecule has 4 heteroatoms. The Morgan fingerprint density at radius 2 is 1.94 bits per heavy atom. The van der Waals surface area contributed by atoms with E-state index in [1.54, 1.807) is 0 Å². The molecule has 0 radical (unpaired) electrons. The fourth-order valence-corrected chi connectivity index (χ4v) is 2.72. The summed E-state index contributed by atoms with van der Waals surface area (Å²) < 4.78 is 26.4. The van der Waals surface area contributed by atoms with Crippen molar-refractivity contribution in [1.82, 2.24) is 0 Å². The Labute approximate surface area is 99.4 Å². The normalized spacial score (nSPS) is 20.5. The van der Waals surface area contributed by atoms with E-state index in [9.17, 15) is 13.9 Å². The zero-order valence-electron chi connectivity index (χ0n) is 9.63. The molecule has 1 atom stereocenters. The molecule has 0 aliphatic heterocycles. The zero-order chi connectivity index (χ0) is 12.5. The minimum absolute atomic E-state index is 0.152. The lowest BCUT2D eigenvalue weighted by Gasteiger charge is -2.33. The first-order valence-corrected chi connectivity index (χ1v) is 5.92. The maximum Gasteiger partial charge on any atom is 0.131 e. The minimum Gasteiger partial charge on any atom is -0.388 e. The number of aliphatic hydroxyl groups excluding tert-OH is 1. The zero-order valence-corrected chi connectivity index (χ0v) is 9.63. The highest BCUT2D eigenvalue weighted by Crippen LogP contribution is 2.47. The molecule has 1 saturated carbocycles. The summed E-state index contributed by atoms with van der Waals surface area (Å²) >= 11 is 0. The summed E-state index contributed by atoms with van der Waals surface area (Å²) in [6.45, 7) is 0.324. The maximum absolute atomic E-state index is 13.6. The van der Waals surface area contributed by atoms with Crippen LogP contribution in [0.15, 0.2) is 18.2 Å². The van der Waals surface area contributed by atoms with Crippen LogP contribution in [-0.4, -0.2) is 11.7 Å². The van der Waals surface area contributed by atoms with Crippen molar-refractivity contribution in [3.63, 3.8) is 0 Å². The van der Waals surface area contributed by atoms with E-state index in [4.69, 9.17) is 5.73 Å². The third-order valence-corrected chi connectivity index (χ3v) is 3.84. The highest BCUT2D eigenvalue weighted by Gasteiger charge is 2.41. The van der Waals surface area contributed by atoms with Crippen molar-refractivity contribution in [2.45, 2.75) is 31.8 Å². The van der Waals surface area contributed by atoms with Crippen LogP contribution < -0.4 is 5.73 Å². The number of halogens is 2. The average Bonchev–Trinajstić information content (AvgIpc) is 2.78. The fraction of sp³-hybridized carbons (Fsp3) is 0.538. The monoisotopic (exact) mass is 241 g/mol. The molecule has 2 rings (SSSR count). The first-order chi connectivity index (χ1) is 8.09. The van der Waals surface area contributed by atoms with E-state index < -0.39 is 23.2 Å². The van der Waals surface area contributed by atoms with Crippen LogP contribution in [-0.2, 0) is 0 Å². The second-order valence-corrected chi connectivity index (χ2v) is 4.84. The number of hydrogen-bond acceptors (Lipinski definition) is 2. The van der Waals surface area contributed by atoms with Crippen molar-refractivity contribution < 1.29 is 13.9 Å². The van der Waals surface area contributed by atoms with Gasteiger partial charge in [0.25, 0.3) is 0 Å². The predicted molar refractivity (Wildman–Crippen MR) is 61.3 cm³/mol. The summed E-state index contributed by atoms with van der Waals surface area (Å²) in [4.78, 5) is 0. The van der Waals surface area contributed by atoms with Gasteiger partial charge in [-0.25, -0.2) is 8.78 Å². The van der Waals surface area contributed by atoms with Crippen LogP contribution in [0.4, 0.5) is 8.78 Å². The molecular formula is C13H17F2NO. The molecule has 1 aliphatic rings. The van der Waals surface area contributed by atoms with E-state index >= 15 is 0 Å². The van der Waals surface area contributed by atoms with E-state index in [-0.39, 0.29) is 5.56 Å². The molecule has 1 aromatic carbocycles. The SMILES string of the molecule is NCC1(C(O)c2ccc(F)cc2F)CCCC1. The highest BCUT2D eigenvalue weighted by atomic mass is 19.1. The smallest absolute Gasteiger partial charge is 0.131 e. The van der Waals surface area contributed by atoms with Crippen LogP contribution in [0.1, 0.15) is 37.4 Å². The number of rotatable bonds is 3. The third-order valence-electron chi connectivity index (χ3n) is 3.84. The van der Waals surface area contributed by atoms with E-state index in [0.29, 0.717) is 6.54 Å². The summed E-state index contributed by atoms with van der Waals surface area (Å²) in [5.74, 6) is -1.33. The third kappa shape index (κ3) is 2.19. The lowest BCUT2D eigenvalue weighted by Crippen LogP contribution is -2.34. The van der Waals surface area contributed by atoms with E-state index in [2.05, 4.69) is 0 Å². The average molecular weight is 241 g/mol. The molecule has 0 saturated heterocycles. The van der Waals surface area contributed by atoms with Gasteiger partial charge in [0.05, 0.1) is 6.10 Å². The molecule has 0 amide bonds. The van der Waals surface area contributed by atoms with E-state index in [1.807, 2.05) is 0 Å². The van der Waals surface area contributed by atoms with Gasteiger partial charge in [-0.2, -0.15) is 0 Å². The summed E-state index contributed by atoms with van der Waals surface area (Å²) in [5, 5.41) is 10.3. The van der Waals surface area contributed by atoms with Crippen LogP contribution in [0.2, 0.25) is 0 Å². The van der Waals surface area contributed by atoms with Crippen molar-refractivity contribution in [2.75, 3.05) is 6.54 Å². The van der Waals surface area contributed by atoms with Gasteiger partial charge in [0.1, 0.15) is 11.6 Å². The highest BCUT2D eigenvalue weighted by molar-refractivity contribution is 5.23. The second kappa shape index (κ2) is 4.70. The molecule has 1 aliphatic carbocycles. The maximum atomic E-state index is 13.6. The number of aliphatic hydroxyl groups is 1. The van der Waals surface area contributed by atoms with Gasteiger partial charge in [0, 0.05) is 23.6 Å². The molecule has 1 aromatic rings. The Morgan fingerprint density at radius 1 is 1.29 bits per heavy atom. The van der Waals surface area contributed by atoms with Gasteiger partial charge in [-0.3, -0.25) is 0 Å². The molecule has 0 aromatic heterocycles. The van der Waals surface area contributed by atoms with Gasteiger partial charge in [-0.1, -0.05) is 18.9 Å². The lowest BCUT2D eigenvalue weighted by atomic mass is 9.77. The summed E-state index contributed by atoms with van der Waals surface area (Å²) in [6.07, 6.45) is 2.63. The summed E-state index contributed by atoms with van der Waals surface area (Å²) in [5.41, 5.74) is 5.44. The van der Waals surface area contributed by atoms with Crippen LogP contribution in [0.25, 0.3) is 0 Å². The van der Waals surface area contributed by atoms with Crippen molar-refractivity contribution in [3.05, 3.63) is 35.4 Å². The van der Waals surface area contributed by atoms with Crippen molar-refractivity contribution in [1.29, 1.82) is 0 Å². The van der Waals surface area contributed by atoms with Gasteiger partial charge in [-0.15, -0.1) is 0 Å². The molecule has 94 valence electrons. The van der Waals surface area contributed by atoms with Crippen molar-refractivity contribution >= 4 is 0 Å². The Morgan fingerprint density at radius 3 is 2.47 bits per heavy atom. The molecular weight excluding hydrogens is 224 g/mol. The van der Waals surface area contributed by atoms with Gasteiger partial charge in [-0.05, 0) is 18.9 Å².